The third-order valence-corrected chi connectivity index (χ3v) is 3.05. The molecule has 2 unspecified atom stereocenters. The van der Waals surface area contributed by atoms with Gasteiger partial charge < -0.3 is 14.8 Å². The maximum absolute atomic E-state index is 11.8. The summed E-state index contributed by atoms with van der Waals surface area (Å²) in [6.07, 6.45) is 1.83. The van der Waals surface area contributed by atoms with Gasteiger partial charge in [-0.05, 0) is 32.4 Å². The van der Waals surface area contributed by atoms with Crippen LogP contribution in [0.2, 0.25) is 0 Å². The van der Waals surface area contributed by atoms with Crippen LogP contribution in [0.4, 0.5) is 0 Å². The molecule has 0 spiro atoms. The van der Waals surface area contributed by atoms with Crippen LogP contribution in [0.3, 0.4) is 0 Å². The van der Waals surface area contributed by atoms with E-state index in [4.69, 9.17) is 4.42 Å². The second-order valence-electron chi connectivity index (χ2n) is 5.09. The Hall–Kier alpha value is -1.29. The predicted octanol–water partition coefficient (Wildman–Crippen LogP) is 2.35. The molecule has 1 aromatic rings. The van der Waals surface area contributed by atoms with Gasteiger partial charge in [-0.15, -0.1) is 0 Å². The number of carbonyl (C=O) groups is 1. The van der Waals surface area contributed by atoms with Crippen molar-refractivity contribution < 1.29 is 14.3 Å². The molecule has 1 heterocycles. The van der Waals surface area contributed by atoms with E-state index in [0.29, 0.717) is 5.76 Å². The summed E-state index contributed by atoms with van der Waals surface area (Å²) in [7, 11) is 0. The highest BCUT2D eigenvalue weighted by Gasteiger charge is 2.28. The molecule has 0 saturated heterocycles. The van der Waals surface area contributed by atoms with E-state index in [0.717, 1.165) is 18.6 Å². The SMILES string of the molecule is CCCC(C)C(=O)NCC(C)(O)c1ccc(C)o1. The molecule has 4 nitrogen and oxygen atoms in total. The molecule has 0 fully saturated rings. The molecule has 18 heavy (non-hydrogen) atoms. The van der Waals surface area contributed by atoms with Crippen molar-refractivity contribution in [2.24, 2.45) is 5.92 Å². The van der Waals surface area contributed by atoms with Gasteiger partial charge in [0.15, 0.2) is 0 Å². The summed E-state index contributed by atoms with van der Waals surface area (Å²) in [6.45, 7) is 7.56. The third-order valence-electron chi connectivity index (χ3n) is 3.05. The average molecular weight is 253 g/mol. The van der Waals surface area contributed by atoms with Gasteiger partial charge in [0.1, 0.15) is 17.1 Å². The number of rotatable bonds is 6. The van der Waals surface area contributed by atoms with E-state index < -0.39 is 5.60 Å². The van der Waals surface area contributed by atoms with Crippen molar-refractivity contribution in [2.75, 3.05) is 6.54 Å². The first kappa shape index (κ1) is 14.8. The Morgan fingerprint density at radius 2 is 2.22 bits per heavy atom. The molecule has 1 aromatic heterocycles. The van der Waals surface area contributed by atoms with E-state index in [1.165, 1.54) is 0 Å². The molecular weight excluding hydrogens is 230 g/mol. The zero-order chi connectivity index (χ0) is 13.8. The van der Waals surface area contributed by atoms with Crippen molar-refractivity contribution in [1.82, 2.24) is 5.32 Å². The van der Waals surface area contributed by atoms with Crippen molar-refractivity contribution >= 4 is 5.91 Å². The van der Waals surface area contributed by atoms with Crippen LogP contribution in [-0.2, 0) is 10.4 Å². The summed E-state index contributed by atoms with van der Waals surface area (Å²) >= 11 is 0. The van der Waals surface area contributed by atoms with Gasteiger partial charge in [0.05, 0.1) is 6.54 Å². The smallest absolute Gasteiger partial charge is 0.222 e. The van der Waals surface area contributed by atoms with E-state index in [1.54, 1.807) is 19.1 Å². The van der Waals surface area contributed by atoms with Gasteiger partial charge in [0, 0.05) is 5.92 Å². The van der Waals surface area contributed by atoms with Crippen molar-refractivity contribution in [3.63, 3.8) is 0 Å². The molecule has 4 heteroatoms. The van der Waals surface area contributed by atoms with Crippen molar-refractivity contribution in [1.29, 1.82) is 0 Å². The standard InChI is InChI=1S/C14H23NO3/c1-5-6-10(2)13(16)15-9-14(4,17)12-8-7-11(3)18-12/h7-8,10,17H,5-6,9H2,1-4H3,(H,15,16). The molecule has 0 aliphatic heterocycles. The fourth-order valence-corrected chi connectivity index (χ4v) is 1.81. The molecule has 102 valence electrons. The molecule has 0 bridgehead atoms. The molecule has 2 N–H and O–H groups in total. The Morgan fingerprint density at radius 1 is 1.56 bits per heavy atom. The average Bonchev–Trinajstić information content (AvgIpc) is 2.74. The minimum atomic E-state index is -1.17. The first-order valence-electron chi connectivity index (χ1n) is 6.44. The van der Waals surface area contributed by atoms with Crippen LogP contribution in [0.1, 0.15) is 45.1 Å². The van der Waals surface area contributed by atoms with Crippen molar-refractivity contribution in [3.8, 4) is 0 Å². The lowest BCUT2D eigenvalue weighted by molar-refractivity contribution is -0.126. The van der Waals surface area contributed by atoms with Crippen molar-refractivity contribution in [3.05, 3.63) is 23.7 Å². The second kappa shape index (κ2) is 6.05. The van der Waals surface area contributed by atoms with E-state index in [2.05, 4.69) is 5.32 Å². The minimum Gasteiger partial charge on any atom is -0.463 e. The molecule has 0 aromatic carbocycles. The number of hydrogen-bond donors (Lipinski definition) is 2. The van der Waals surface area contributed by atoms with Gasteiger partial charge >= 0.3 is 0 Å². The third kappa shape index (κ3) is 3.88. The number of furan rings is 1. The Kier molecular flexibility index (Phi) is 4.96. The van der Waals surface area contributed by atoms with E-state index >= 15 is 0 Å². The fraction of sp³-hybridized carbons (Fsp3) is 0.643. The number of hydrogen-bond acceptors (Lipinski definition) is 3. The van der Waals surface area contributed by atoms with Crippen LogP contribution in [0.5, 0.6) is 0 Å². The summed E-state index contributed by atoms with van der Waals surface area (Å²) in [6, 6.07) is 3.53. The molecular formula is C14H23NO3. The molecule has 2 atom stereocenters. The van der Waals surface area contributed by atoms with Gasteiger partial charge in [0.25, 0.3) is 0 Å². The molecule has 0 saturated carbocycles. The Bertz CT molecular complexity index is 395. The predicted molar refractivity (Wildman–Crippen MR) is 70.1 cm³/mol. The van der Waals surface area contributed by atoms with Gasteiger partial charge in [-0.25, -0.2) is 0 Å². The molecule has 1 rings (SSSR count). The lowest BCUT2D eigenvalue weighted by Crippen LogP contribution is -2.40. The lowest BCUT2D eigenvalue weighted by atomic mass is 10.0. The Balaban J connectivity index is 2.54. The quantitative estimate of drug-likeness (QED) is 0.818. The summed E-state index contributed by atoms with van der Waals surface area (Å²) in [5, 5.41) is 13.0. The monoisotopic (exact) mass is 253 g/mol. The van der Waals surface area contributed by atoms with Crippen LogP contribution in [0.15, 0.2) is 16.5 Å². The maximum atomic E-state index is 11.8. The molecule has 0 radical (unpaired) electrons. The van der Waals surface area contributed by atoms with Gasteiger partial charge in [-0.3, -0.25) is 4.79 Å². The number of aliphatic hydroxyl groups is 1. The number of aryl methyl sites for hydroxylation is 1. The van der Waals surface area contributed by atoms with Crippen molar-refractivity contribution in [2.45, 2.75) is 46.1 Å². The van der Waals surface area contributed by atoms with Crippen LogP contribution in [-0.4, -0.2) is 17.6 Å². The largest absolute Gasteiger partial charge is 0.463 e. The van der Waals surface area contributed by atoms with E-state index in [-0.39, 0.29) is 18.4 Å². The number of nitrogens with one attached hydrogen (secondary N) is 1. The van der Waals surface area contributed by atoms with Crippen LogP contribution < -0.4 is 5.32 Å². The van der Waals surface area contributed by atoms with Gasteiger partial charge in [-0.2, -0.15) is 0 Å². The summed E-state index contributed by atoms with van der Waals surface area (Å²) in [4.78, 5) is 11.8. The fourth-order valence-electron chi connectivity index (χ4n) is 1.81. The Labute approximate surface area is 108 Å². The highest BCUT2D eigenvalue weighted by Crippen LogP contribution is 2.22. The first-order chi connectivity index (χ1) is 8.36. The highest BCUT2D eigenvalue weighted by atomic mass is 16.4. The summed E-state index contributed by atoms with van der Waals surface area (Å²) < 4.78 is 5.39. The highest BCUT2D eigenvalue weighted by molar-refractivity contribution is 5.78. The van der Waals surface area contributed by atoms with E-state index in [1.807, 2.05) is 20.8 Å². The molecule has 0 aliphatic carbocycles. The van der Waals surface area contributed by atoms with E-state index in [9.17, 15) is 9.90 Å². The summed E-state index contributed by atoms with van der Waals surface area (Å²) in [5.74, 6) is 1.17. The maximum Gasteiger partial charge on any atom is 0.222 e. The normalized spacial score (nSPS) is 16.1. The number of amides is 1. The number of carbonyl (C=O) groups excluding carboxylic acids is 1. The van der Waals surface area contributed by atoms with Gasteiger partial charge in [0.2, 0.25) is 5.91 Å². The molecule has 0 aliphatic rings. The Morgan fingerprint density at radius 3 is 2.72 bits per heavy atom. The van der Waals surface area contributed by atoms with Crippen LogP contribution in [0.25, 0.3) is 0 Å². The van der Waals surface area contributed by atoms with Crippen LogP contribution >= 0.6 is 0 Å². The zero-order valence-electron chi connectivity index (χ0n) is 11.6. The second-order valence-corrected chi connectivity index (χ2v) is 5.09. The topological polar surface area (TPSA) is 62.5 Å². The minimum absolute atomic E-state index is 0.0239. The summed E-state index contributed by atoms with van der Waals surface area (Å²) in [5.41, 5.74) is -1.17. The van der Waals surface area contributed by atoms with Gasteiger partial charge in [-0.1, -0.05) is 20.3 Å². The first-order valence-corrected chi connectivity index (χ1v) is 6.44. The molecule has 1 amide bonds. The van der Waals surface area contributed by atoms with Crippen LogP contribution in [0, 0.1) is 12.8 Å². The lowest BCUT2D eigenvalue weighted by Gasteiger charge is -2.22. The zero-order valence-corrected chi connectivity index (χ0v) is 11.6.